The summed E-state index contributed by atoms with van der Waals surface area (Å²) in [5.74, 6) is -2.68. The number of piperidine rings is 2. The zero-order chi connectivity index (χ0) is 37.5. The van der Waals surface area contributed by atoms with Gasteiger partial charge in [-0.05, 0) is 62.6 Å². The maximum absolute atomic E-state index is 14.2. The van der Waals surface area contributed by atoms with E-state index in [1.807, 2.05) is 56.3 Å². The number of likely N-dealkylation sites (tertiary alicyclic amines) is 2. The molecule has 4 amide bonds. The molecule has 0 radical (unpaired) electrons. The van der Waals surface area contributed by atoms with E-state index in [0.29, 0.717) is 45.3 Å². The minimum absolute atomic E-state index is 0.0573. The van der Waals surface area contributed by atoms with E-state index in [4.69, 9.17) is 44.5 Å². The van der Waals surface area contributed by atoms with Crippen molar-refractivity contribution in [2.24, 2.45) is 17.3 Å². The average molecular weight is 765 g/mol. The van der Waals surface area contributed by atoms with Gasteiger partial charge in [-0.1, -0.05) is 85.9 Å². The van der Waals surface area contributed by atoms with Crippen LogP contribution in [0.4, 0.5) is 0 Å². The number of fused-ring (bicyclic) bond motifs is 1. The fraction of sp³-hybridized carbons (Fsp3) is 0.568. The Hall–Kier alpha value is -3.41. The number of aromatic nitrogens is 1. The van der Waals surface area contributed by atoms with E-state index in [0.717, 1.165) is 28.6 Å². The van der Waals surface area contributed by atoms with E-state index in [1.165, 1.54) is 11.8 Å². The van der Waals surface area contributed by atoms with Crippen molar-refractivity contribution in [1.29, 1.82) is 0 Å². The molecule has 3 heterocycles. The van der Waals surface area contributed by atoms with Crippen LogP contribution >= 0.6 is 34.8 Å². The van der Waals surface area contributed by atoms with Gasteiger partial charge in [0, 0.05) is 44.2 Å². The molecule has 3 atom stereocenters. The Morgan fingerprint density at radius 2 is 1.71 bits per heavy atom. The first-order valence-electron chi connectivity index (χ1n) is 17.5. The number of hydrogen-bond acceptors (Lipinski definition) is 7. The number of esters is 1. The van der Waals surface area contributed by atoms with Gasteiger partial charge in [0.25, 0.3) is 0 Å². The molecule has 2 saturated heterocycles. The van der Waals surface area contributed by atoms with Crippen LogP contribution in [0.15, 0.2) is 36.4 Å². The van der Waals surface area contributed by atoms with Crippen molar-refractivity contribution in [1.82, 2.24) is 25.4 Å². The van der Waals surface area contributed by atoms with Crippen LogP contribution < -0.4 is 10.6 Å². The van der Waals surface area contributed by atoms with Crippen molar-refractivity contribution < 1.29 is 28.7 Å². The number of nitrogens with zero attached hydrogens (tertiary/aromatic N) is 3. The number of amides is 4. The standard InChI is InChI=1S/C37H48Cl3N5O6/c1-6-29-12-11-27-10-9-26(20-30(27)42-29)13-14-36(15-18-44(19-16-36)25(5)46)35(50)43-31(23(2)3)32(47)41-24(4)33(48)45-17-7-8-28(21-45)34(49)51-22-37(38,39)40/h9-14,20,23-24,28,31H,6-8,15-19,21-22H2,1-5H3,(H,41,47)(H,43,50)/b14-13+/t24-,28+,31?/m0/s1. The van der Waals surface area contributed by atoms with Crippen molar-refractivity contribution >= 4 is 81.4 Å². The molecule has 0 saturated carbocycles. The fourth-order valence-electron chi connectivity index (χ4n) is 6.52. The van der Waals surface area contributed by atoms with Crippen LogP contribution in [0.5, 0.6) is 0 Å². The first-order chi connectivity index (χ1) is 24.0. The molecule has 0 spiro atoms. The zero-order valence-electron chi connectivity index (χ0n) is 29.8. The number of nitrogens with one attached hydrogen (secondary N) is 2. The molecule has 2 aliphatic rings. The van der Waals surface area contributed by atoms with Crippen LogP contribution in [-0.4, -0.2) is 93.0 Å². The minimum atomic E-state index is -1.74. The van der Waals surface area contributed by atoms with E-state index >= 15 is 0 Å². The predicted molar refractivity (Wildman–Crippen MR) is 199 cm³/mol. The van der Waals surface area contributed by atoms with Crippen LogP contribution in [0.2, 0.25) is 0 Å². The first kappa shape index (κ1) is 40.4. The van der Waals surface area contributed by atoms with Crippen LogP contribution in [0.3, 0.4) is 0 Å². The molecule has 0 bridgehead atoms. The number of ether oxygens (including phenoxy) is 1. The monoisotopic (exact) mass is 763 g/mol. The highest BCUT2D eigenvalue weighted by molar-refractivity contribution is 6.67. The molecule has 1 unspecified atom stereocenters. The van der Waals surface area contributed by atoms with Crippen LogP contribution in [0.1, 0.15) is 71.6 Å². The van der Waals surface area contributed by atoms with Gasteiger partial charge in [-0.3, -0.25) is 29.0 Å². The molecular formula is C37H48Cl3N5O6. The lowest BCUT2D eigenvalue weighted by molar-refractivity contribution is -0.152. The highest BCUT2D eigenvalue weighted by Gasteiger charge is 2.42. The van der Waals surface area contributed by atoms with Crippen molar-refractivity contribution in [3.63, 3.8) is 0 Å². The second-order valence-electron chi connectivity index (χ2n) is 13.9. The van der Waals surface area contributed by atoms with Crippen LogP contribution in [0.25, 0.3) is 17.0 Å². The number of carbonyl (C=O) groups excluding carboxylic acids is 5. The van der Waals surface area contributed by atoms with Gasteiger partial charge in [-0.15, -0.1) is 0 Å². The summed E-state index contributed by atoms with van der Waals surface area (Å²) in [6.45, 7) is 9.70. The third kappa shape index (κ3) is 10.8. The maximum atomic E-state index is 14.2. The van der Waals surface area contributed by atoms with E-state index in [1.54, 1.807) is 11.8 Å². The number of carbonyl (C=O) groups is 5. The Labute approximate surface area is 314 Å². The summed E-state index contributed by atoms with van der Waals surface area (Å²) >= 11 is 17.1. The van der Waals surface area contributed by atoms with E-state index in [9.17, 15) is 24.0 Å². The second kappa shape index (κ2) is 17.4. The van der Waals surface area contributed by atoms with Crippen molar-refractivity contribution in [2.75, 3.05) is 32.8 Å². The quantitative estimate of drug-likeness (QED) is 0.236. The number of pyridine rings is 1. The zero-order valence-corrected chi connectivity index (χ0v) is 32.1. The van der Waals surface area contributed by atoms with E-state index in [-0.39, 0.29) is 30.2 Å². The third-order valence-corrected chi connectivity index (χ3v) is 10.0. The molecule has 51 heavy (non-hydrogen) atoms. The Balaban J connectivity index is 1.46. The number of rotatable bonds is 11. The summed E-state index contributed by atoms with van der Waals surface area (Å²) < 4.78 is 3.39. The lowest BCUT2D eigenvalue weighted by Gasteiger charge is -2.39. The summed E-state index contributed by atoms with van der Waals surface area (Å²) in [6, 6.07) is 8.15. The molecular weight excluding hydrogens is 717 g/mol. The molecule has 1 aromatic heterocycles. The molecule has 278 valence electrons. The lowest BCUT2D eigenvalue weighted by Crippen LogP contribution is -2.58. The second-order valence-corrected chi connectivity index (χ2v) is 16.4. The van der Waals surface area contributed by atoms with E-state index < -0.39 is 45.7 Å². The summed E-state index contributed by atoms with van der Waals surface area (Å²) in [5, 5.41) is 6.79. The SMILES string of the molecule is CCc1ccc2ccc(/C=C/C3(C(=O)NC(C(=O)N[C@@H](C)C(=O)N4CCC[C@@H](C(=O)OCC(Cl)(Cl)Cl)C4)C(C)C)CCN(C(C)=O)CC3)cc2n1. The molecule has 2 aliphatic heterocycles. The Morgan fingerprint density at radius 1 is 1.02 bits per heavy atom. The Morgan fingerprint density at radius 3 is 2.33 bits per heavy atom. The number of aryl methyl sites for hydroxylation is 1. The molecule has 2 N–H and O–H groups in total. The normalized spacial score (nSPS) is 19.1. The predicted octanol–water partition coefficient (Wildman–Crippen LogP) is 5.24. The van der Waals surface area contributed by atoms with Gasteiger partial charge in [0.2, 0.25) is 27.4 Å². The Kier molecular flexibility index (Phi) is 13.8. The van der Waals surface area contributed by atoms with Crippen molar-refractivity contribution in [3.05, 3.63) is 47.7 Å². The third-order valence-electron chi connectivity index (χ3n) is 9.69. The minimum Gasteiger partial charge on any atom is -0.461 e. The van der Waals surface area contributed by atoms with Gasteiger partial charge < -0.3 is 25.2 Å². The van der Waals surface area contributed by atoms with Gasteiger partial charge in [0.1, 0.15) is 18.7 Å². The smallest absolute Gasteiger partial charge is 0.310 e. The highest BCUT2D eigenvalue weighted by Crippen LogP contribution is 2.35. The van der Waals surface area contributed by atoms with Crippen molar-refractivity contribution in [3.8, 4) is 0 Å². The molecule has 14 heteroatoms. The van der Waals surface area contributed by atoms with Gasteiger partial charge >= 0.3 is 5.97 Å². The molecule has 11 nitrogen and oxygen atoms in total. The topological polar surface area (TPSA) is 138 Å². The molecule has 0 aliphatic carbocycles. The summed E-state index contributed by atoms with van der Waals surface area (Å²) in [7, 11) is 0. The number of hydrogen-bond donors (Lipinski definition) is 2. The average Bonchev–Trinajstić information content (AvgIpc) is 3.10. The number of benzene rings is 1. The van der Waals surface area contributed by atoms with Crippen molar-refractivity contribution in [2.45, 2.75) is 82.6 Å². The lowest BCUT2D eigenvalue weighted by atomic mass is 9.76. The van der Waals surface area contributed by atoms with Gasteiger partial charge in [-0.2, -0.15) is 0 Å². The Bertz CT molecular complexity index is 1640. The summed E-state index contributed by atoms with van der Waals surface area (Å²) in [6.07, 6.45) is 6.45. The largest absolute Gasteiger partial charge is 0.461 e. The first-order valence-corrected chi connectivity index (χ1v) is 18.6. The summed E-state index contributed by atoms with van der Waals surface area (Å²) in [5.41, 5.74) is 1.75. The number of alkyl halides is 3. The summed E-state index contributed by atoms with van der Waals surface area (Å²) in [4.78, 5) is 74.0. The van der Waals surface area contributed by atoms with Gasteiger partial charge in [0.15, 0.2) is 0 Å². The van der Waals surface area contributed by atoms with Gasteiger partial charge in [0.05, 0.1) is 16.8 Å². The van der Waals surface area contributed by atoms with E-state index in [2.05, 4.69) is 17.6 Å². The highest BCUT2D eigenvalue weighted by atomic mass is 35.6. The van der Waals surface area contributed by atoms with Crippen LogP contribution in [0, 0.1) is 17.3 Å². The van der Waals surface area contributed by atoms with Gasteiger partial charge in [-0.25, -0.2) is 0 Å². The fourth-order valence-corrected chi connectivity index (χ4v) is 6.69. The molecule has 2 aromatic rings. The maximum Gasteiger partial charge on any atom is 0.310 e. The molecule has 2 fully saturated rings. The molecule has 1 aromatic carbocycles. The van der Waals surface area contributed by atoms with Crippen LogP contribution in [-0.2, 0) is 35.1 Å². The molecule has 4 rings (SSSR count). The number of halogens is 3.